The summed E-state index contributed by atoms with van der Waals surface area (Å²) in [5.41, 5.74) is 5.86. The van der Waals surface area contributed by atoms with Gasteiger partial charge in [-0.25, -0.2) is 9.67 Å². The van der Waals surface area contributed by atoms with Gasteiger partial charge in [0.15, 0.2) is 5.82 Å². The predicted molar refractivity (Wildman–Crippen MR) is 55.3 cm³/mol. The minimum Gasteiger partial charge on any atom is -0.328 e. The summed E-state index contributed by atoms with van der Waals surface area (Å²) in [5, 5.41) is 3.91. The van der Waals surface area contributed by atoms with Crippen molar-refractivity contribution >= 4 is 5.78 Å². The van der Waals surface area contributed by atoms with Gasteiger partial charge in [-0.15, -0.1) is 0 Å². The van der Waals surface area contributed by atoms with E-state index < -0.39 is 0 Å². The molecule has 2 unspecified atom stereocenters. The van der Waals surface area contributed by atoms with Crippen LogP contribution in [0.3, 0.4) is 0 Å². The third-order valence-corrected chi connectivity index (χ3v) is 3.02. The van der Waals surface area contributed by atoms with Crippen molar-refractivity contribution in [2.24, 2.45) is 18.7 Å². The van der Waals surface area contributed by atoms with Crippen LogP contribution in [-0.2, 0) is 7.05 Å². The van der Waals surface area contributed by atoms with Crippen molar-refractivity contribution in [2.75, 3.05) is 0 Å². The highest BCUT2D eigenvalue weighted by molar-refractivity contribution is 5.94. The Morgan fingerprint density at radius 2 is 2.40 bits per heavy atom. The Balaban J connectivity index is 2.11. The van der Waals surface area contributed by atoms with E-state index in [0.29, 0.717) is 5.82 Å². The van der Waals surface area contributed by atoms with Crippen molar-refractivity contribution < 1.29 is 4.79 Å². The molecular weight excluding hydrogens is 192 g/mol. The van der Waals surface area contributed by atoms with Gasteiger partial charge in [0.25, 0.3) is 0 Å². The van der Waals surface area contributed by atoms with Gasteiger partial charge in [0.05, 0.1) is 0 Å². The minimum absolute atomic E-state index is 0.0386. The summed E-state index contributed by atoms with van der Waals surface area (Å²) < 4.78 is 1.53. The third kappa shape index (κ3) is 2.07. The number of hydrogen-bond donors (Lipinski definition) is 1. The number of carbonyl (C=O) groups is 1. The highest BCUT2D eigenvalue weighted by Crippen LogP contribution is 2.25. The number of Topliss-reactive ketones (excluding diaryl/α,β-unsaturated/α-hetero) is 1. The van der Waals surface area contributed by atoms with Gasteiger partial charge >= 0.3 is 0 Å². The van der Waals surface area contributed by atoms with E-state index in [4.69, 9.17) is 5.73 Å². The zero-order valence-corrected chi connectivity index (χ0v) is 8.89. The number of aryl methyl sites for hydroxylation is 1. The predicted octanol–water partition coefficient (Wildman–Crippen LogP) is 0.515. The van der Waals surface area contributed by atoms with Crippen LogP contribution < -0.4 is 5.73 Å². The second-order valence-electron chi connectivity index (χ2n) is 4.20. The van der Waals surface area contributed by atoms with Gasteiger partial charge in [0.1, 0.15) is 6.33 Å². The molecule has 2 atom stereocenters. The van der Waals surface area contributed by atoms with Crippen LogP contribution in [0.1, 0.15) is 36.3 Å². The summed E-state index contributed by atoms with van der Waals surface area (Å²) in [6.45, 7) is 0. The Labute approximate surface area is 88.7 Å². The van der Waals surface area contributed by atoms with Crippen molar-refractivity contribution in [1.82, 2.24) is 14.8 Å². The van der Waals surface area contributed by atoms with Crippen molar-refractivity contribution in [2.45, 2.75) is 31.7 Å². The summed E-state index contributed by atoms with van der Waals surface area (Å²) in [6.07, 6.45) is 5.19. The fraction of sp³-hybridized carbons (Fsp3) is 0.700. The molecular formula is C10H16N4O. The molecule has 1 aromatic heterocycles. The van der Waals surface area contributed by atoms with Gasteiger partial charge in [-0.05, 0) is 19.3 Å². The Morgan fingerprint density at radius 1 is 1.60 bits per heavy atom. The lowest BCUT2D eigenvalue weighted by Crippen LogP contribution is -2.32. The largest absolute Gasteiger partial charge is 0.328 e. The van der Waals surface area contributed by atoms with Gasteiger partial charge in [-0.3, -0.25) is 4.79 Å². The van der Waals surface area contributed by atoms with E-state index in [-0.39, 0.29) is 17.7 Å². The molecule has 5 heteroatoms. The topological polar surface area (TPSA) is 73.8 Å². The summed E-state index contributed by atoms with van der Waals surface area (Å²) in [5.74, 6) is 0.580. The molecule has 0 bridgehead atoms. The minimum atomic E-state index is 0.0386. The quantitative estimate of drug-likeness (QED) is 0.719. The van der Waals surface area contributed by atoms with E-state index in [9.17, 15) is 4.79 Å². The maximum atomic E-state index is 12.0. The van der Waals surface area contributed by atoms with E-state index in [1.807, 2.05) is 0 Å². The van der Waals surface area contributed by atoms with Crippen LogP contribution >= 0.6 is 0 Å². The molecule has 0 aliphatic heterocycles. The fourth-order valence-electron chi connectivity index (χ4n) is 2.17. The van der Waals surface area contributed by atoms with E-state index in [1.54, 1.807) is 7.05 Å². The molecule has 0 radical (unpaired) electrons. The second-order valence-corrected chi connectivity index (χ2v) is 4.20. The van der Waals surface area contributed by atoms with Gasteiger partial charge < -0.3 is 5.73 Å². The SMILES string of the molecule is Cn1ncnc1C(=O)C1CCCC(N)C1. The average Bonchev–Trinajstić information content (AvgIpc) is 2.63. The first-order valence-corrected chi connectivity index (χ1v) is 5.32. The number of ketones is 1. The first-order valence-electron chi connectivity index (χ1n) is 5.32. The maximum Gasteiger partial charge on any atom is 0.202 e. The number of nitrogens with zero attached hydrogens (tertiary/aromatic N) is 3. The maximum absolute atomic E-state index is 12.0. The molecule has 0 spiro atoms. The van der Waals surface area contributed by atoms with Crippen LogP contribution in [0.25, 0.3) is 0 Å². The molecule has 2 rings (SSSR count). The molecule has 1 saturated carbocycles. The Kier molecular flexibility index (Phi) is 2.81. The zero-order chi connectivity index (χ0) is 10.8. The molecule has 5 nitrogen and oxygen atoms in total. The monoisotopic (exact) mass is 208 g/mol. The summed E-state index contributed by atoms with van der Waals surface area (Å²) >= 11 is 0. The smallest absolute Gasteiger partial charge is 0.202 e. The lowest BCUT2D eigenvalue weighted by Gasteiger charge is -2.24. The van der Waals surface area contributed by atoms with E-state index >= 15 is 0 Å². The van der Waals surface area contributed by atoms with E-state index in [2.05, 4.69) is 10.1 Å². The molecule has 1 aromatic rings. The molecule has 1 fully saturated rings. The molecule has 0 amide bonds. The number of rotatable bonds is 2. The zero-order valence-electron chi connectivity index (χ0n) is 8.89. The van der Waals surface area contributed by atoms with Crippen molar-refractivity contribution in [3.8, 4) is 0 Å². The van der Waals surface area contributed by atoms with Crippen molar-refractivity contribution in [3.63, 3.8) is 0 Å². The first-order chi connectivity index (χ1) is 7.18. The van der Waals surface area contributed by atoms with Crippen LogP contribution in [0.4, 0.5) is 0 Å². The lowest BCUT2D eigenvalue weighted by atomic mass is 9.83. The molecule has 1 aliphatic carbocycles. The number of nitrogens with two attached hydrogens (primary N) is 1. The third-order valence-electron chi connectivity index (χ3n) is 3.02. The van der Waals surface area contributed by atoms with Gasteiger partial charge in [-0.2, -0.15) is 5.10 Å². The Bertz CT molecular complexity index is 360. The van der Waals surface area contributed by atoms with Crippen LogP contribution in [0.15, 0.2) is 6.33 Å². The van der Waals surface area contributed by atoms with E-state index in [0.717, 1.165) is 25.7 Å². The highest BCUT2D eigenvalue weighted by atomic mass is 16.1. The molecule has 15 heavy (non-hydrogen) atoms. The lowest BCUT2D eigenvalue weighted by molar-refractivity contribution is 0.0866. The molecule has 1 aliphatic rings. The summed E-state index contributed by atoms with van der Waals surface area (Å²) in [6, 6.07) is 0.168. The molecule has 0 aromatic carbocycles. The summed E-state index contributed by atoms with van der Waals surface area (Å²) in [4.78, 5) is 16.0. The van der Waals surface area contributed by atoms with Gasteiger partial charge in [0.2, 0.25) is 5.78 Å². The molecule has 82 valence electrons. The Morgan fingerprint density at radius 3 is 3.00 bits per heavy atom. The normalized spacial score (nSPS) is 26.5. The van der Waals surface area contributed by atoms with Crippen LogP contribution in [0.5, 0.6) is 0 Å². The summed E-state index contributed by atoms with van der Waals surface area (Å²) in [7, 11) is 1.74. The fourth-order valence-corrected chi connectivity index (χ4v) is 2.17. The Hall–Kier alpha value is -1.23. The van der Waals surface area contributed by atoms with Crippen LogP contribution in [0, 0.1) is 5.92 Å². The molecule has 1 heterocycles. The number of hydrogen-bond acceptors (Lipinski definition) is 4. The second kappa shape index (κ2) is 4.10. The van der Waals surface area contributed by atoms with Crippen molar-refractivity contribution in [1.29, 1.82) is 0 Å². The number of aromatic nitrogens is 3. The van der Waals surface area contributed by atoms with Crippen molar-refractivity contribution in [3.05, 3.63) is 12.2 Å². The van der Waals surface area contributed by atoms with Gasteiger partial charge in [-0.1, -0.05) is 6.42 Å². The van der Waals surface area contributed by atoms with Crippen LogP contribution in [-0.4, -0.2) is 26.6 Å². The average molecular weight is 208 g/mol. The van der Waals surface area contributed by atoms with E-state index in [1.165, 1.54) is 11.0 Å². The molecule has 2 N–H and O–H groups in total. The standard InChI is InChI=1S/C10H16N4O/c1-14-10(12-6-13-14)9(15)7-3-2-4-8(11)5-7/h6-8H,2-5,11H2,1H3. The first kappa shape index (κ1) is 10.3. The van der Waals surface area contributed by atoms with Crippen LogP contribution in [0.2, 0.25) is 0 Å². The number of carbonyl (C=O) groups excluding carboxylic acids is 1. The highest BCUT2D eigenvalue weighted by Gasteiger charge is 2.28. The van der Waals surface area contributed by atoms with Gasteiger partial charge in [0, 0.05) is 19.0 Å². The molecule has 0 saturated heterocycles.